The number of thiophene rings is 1. The van der Waals surface area contributed by atoms with Crippen molar-refractivity contribution in [1.82, 2.24) is 4.90 Å². The van der Waals surface area contributed by atoms with Gasteiger partial charge >= 0.3 is 0 Å². The third-order valence-corrected chi connectivity index (χ3v) is 4.76. The van der Waals surface area contributed by atoms with Crippen LogP contribution in [0.4, 0.5) is 0 Å². The summed E-state index contributed by atoms with van der Waals surface area (Å²) in [6, 6.07) is 4.58. The summed E-state index contributed by atoms with van der Waals surface area (Å²) < 4.78 is 0. The van der Waals surface area contributed by atoms with E-state index >= 15 is 0 Å². The molecule has 0 radical (unpaired) electrons. The quantitative estimate of drug-likeness (QED) is 0.779. The normalized spacial score (nSPS) is 18.1. The van der Waals surface area contributed by atoms with Gasteiger partial charge in [-0.25, -0.2) is 0 Å². The van der Waals surface area contributed by atoms with Gasteiger partial charge < -0.3 is 10.6 Å². The maximum absolute atomic E-state index is 12.3. The van der Waals surface area contributed by atoms with Gasteiger partial charge in [-0.15, -0.1) is 23.7 Å². The number of unbranched alkanes of at least 4 members (excludes halogenated alkanes) is 3. The third kappa shape index (κ3) is 4.76. The molecule has 3 nitrogen and oxygen atoms in total. The summed E-state index contributed by atoms with van der Waals surface area (Å²) in [4.78, 5) is 15.7. The lowest BCUT2D eigenvalue weighted by Crippen LogP contribution is -2.29. The molecule has 5 heteroatoms. The van der Waals surface area contributed by atoms with Crippen LogP contribution in [0.3, 0.4) is 0 Å². The summed E-state index contributed by atoms with van der Waals surface area (Å²) in [5.41, 5.74) is 5.47. The van der Waals surface area contributed by atoms with E-state index in [9.17, 15) is 4.79 Å². The minimum absolute atomic E-state index is 0. The van der Waals surface area contributed by atoms with Gasteiger partial charge in [0.15, 0.2) is 0 Å². The minimum atomic E-state index is 0. The standard InChI is InChI=1S/C15H24N2OS.ClH/c16-10-4-2-1-3-9-15(18)17-11-5-7-13(17)14-8-6-12-19-14;/h6,8,12-13H,1-5,7,9-11,16H2;1H. The first-order chi connectivity index (χ1) is 9.33. The van der Waals surface area contributed by atoms with Crippen molar-refractivity contribution in [2.75, 3.05) is 13.1 Å². The first-order valence-corrected chi connectivity index (χ1v) is 8.24. The van der Waals surface area contributed by atoms with Crippen molar-refractivity contribution in [3.05, 3.63) is 22.4 Å². The summed E-state index contributed by atoms with van der Waals surface area (Å²) in [7, 11) is 0. The number of carbonyl (C=O) groups is 1. The fraction of sp³-hybridized carbons (Fsp3) is 0.667. The monoisotopic (exact) mass is 316 g/mol. The van der Waals surface area contributed by atoms with Crippen LogP contribution in [0.15, 0.2) is 17.5 Å². The van der Waals surface area contributed by atoms with Gasteiger partial charge in [0.1, 0.15) is 0 Å². The molecular weight excluding hydrogens is 292 g/mol. The van der Waals surface area contributed by atoms with Crippen molar-refractivity contribution in [3.63, 3.8) is 0 Å². The molecule has 1 unspecified atom stereocenters. The van der Waals surface area contributed by atoms with Gasteiger partial charge in [0.05, 0.1) is 6.04 Å². The number of nitrogens with zero attached hydrogens (tertiary/aromatic N) is 1. The van der Waals surface area contributed by atoms with E-state index in [1.54, 1.807) is 11.3 Å². The second-order valence-electron chi connectivity index (χ2n) is 5.21. The average Bonchev–Trinajstić information content (AvgIpc) is 3.08. The summed E-state index contributed by atoms with van der Waals surface area (Å²) in [5, 5.41) is 2.10. The summed E-state index contributed by atoms with van der Waals surface area (Å²) in [6.07, 6.45) is 7.33. The fourth-order valence-electron chi connectivity index (χ4n) is 2.76. The molecule has 1 saturated heterocycles. The van der Waals surface area contributed by atoms with Crippen molar-refractivity contribution in [2.45, 2.75) is 51.0 Å². The second kappa shape index (κ2) is 9.37. The lowest BCUT2D eigenvalue weighted by Gasteiger charge is -2.24. The first-order valence-electron chi connectivity index (χ1n) is 7.36. The zero-order valence-corrected chi connectivity index (χ0v) is 13.6. The van der Waals surface area contributed by atoms with E-state index in [1.807, 2.05) is 0 Å². The number of likely N-dealkylation sites (tertiary alicyclic amines) is 1. The maximum atomic E-state index is 12.3. The highest BCUT2D eigenvalue weighted by molar-refractivity contribution is 7.10. The number of rotatable bonds is 7. The van der Waals surface area contributed by atoms with Crippen LogP contribution in [0.25, 0.3) is 0 Å². The third-order valence-electron chi connectivity index (χ3n) is 3.79. The molecule has 1 aliphatic heterocycles. The van der Waals surface area contributed by atoms with Crippen molar-refractivity contribution >= 4 is 29.7 Å². The molecule has 0 aromatic carbocycles. The Morgan fingerprint density at radius 3 is 2.85 bits per heavy atom. The number of carbonyl (C=O) groups excluding carboxylic acids is 1. The molecule has 1 amide bonds. The Bertz CT molecular complexity index is 383. The van der Waals surface area contributed by atoms with Crippen LogP contribution in [0.5, 0.6) is 0 Å². The summed E-state index contributed by atoms with van der Waals surface area (Å²) in [6.45, 7) is 1.70. The van der Waals surface area contributed by atoms with Gasteiger partial charge in [0.25, 0.3) is 0 Å². The molecule has 20 heavy (non-hydrogen) atoms. The Kier molecular flexibility index (Phi) is 8.19. The lowest BCUT2D eigenvalue weighted by molar-refractivity contribution is -0.132. The van der Waals surface area contributed by atoms with E-state index in [4.69, 9.17) is 5.73 Å². The SMILES string of the molecule is Cl.NCCCCCCC(=O)N1CCCC1c1cccs1. The highest BCUT2D eigenvalue weighted by Crippen LogP contribution is 2.34. The predicted octanol–water partition coefficient (Wildman–Crippen LogP) is 3.74. The molecular formula is C15H25ClN2OS. The molecule has 1 fully saturated rings. The van der Waals surface area contributed by atoms with Crippen LogP contribution in [0.1, 0.15) is 55.9 Å². The number of halogens is 1. The summed E-state index contributed by atoms with van der Waals surface area (Å²) in [5.74, 6) is 0.337. The minimum Gasteiger partial charge on any atom is -0.335 e. The molecule has 1 aromatic heterocycles. The van der Waals surface area contributed by atoms with E-state index in [2.05, 4.69) is 22.4 Å². The van der Waals surface area contributed by atoms with Gasteiger partial charge in [0.2, 0.25) is 5.91 Å². The molecule has 2 N–H and O–H groups in total. The average molecular weight is 317 g/mol. The van der Waals surface area contributed by atoms with Crippen LogP contribution in [-0.2, 0) is 4.79 Å². The van der Waals surface area contributed by atoms with Crippen molar-refractivity contribution in [2.24, 2.45) is 5.73 Å². The Morgan fingerprint density at radius 2 is 2.15 bits per heavy atom. The van der Waals surface area contributed by atoms with E-state index in [1.165, 1.54) is 4.88 Å². The van der Waals surface area contributed by atoms with E-state index < -0.39 is 0 Å². The first kappa shape index (κ1) is 17.5. The number of hydrogen-bond donors (Lipinski definition) is 1. The van der Waals surface area contributed by atoms with Gasteiger partial charge in [-0.1, -0.05) is 18.9 Å². The highest BCUT2D eigenvalue weighted by Gasteiger charge is 2.29. The molecule has 2 rings (SSSR count). The van der Waals surface area contributed by atoms with Crippen LogP contribution < -0.4 is 5.73 Å². The largest absolute Gasteiger partial charge is 0.335 e. The fourth-order valence-corrected chi connectivity index (χ4v) is 3.63. The van der Waals surface area contributed by atoms with Crippen LogP contribution >= 0.6 is 23.7 Å². The van der Waals surface area contributed by atoms with E-state index in [-0.39, 0.29) is 12.4 Å². The van der Waals surface area contributed by atoms with Crippen molar-refractivity contribution in [3.8, 4) is 0 Å². The number of amides is 1. The highest BCUT2D eigenvalue weighted by atomic mass is 35.5. The van der Waals surface area contributed by atoms with Gasteiger partial charge in [-0.2, -0.15) is 0 Å². The maximum Gasteiger partial charge on any atom is 0.223 e. The van der Waals surface area contributed by atoms with Crippen LogP contribution in [0, 0.1) is 0 Å². The zero-order chi connectivity index (χ0) is 13.5. The van der Waals surface area contributed by atoms with Crippen molar-refractivity contribution in [1.29, 1.82) is 0 Å². The molecule has 114 valence electrons. The Labute approximate surface area is 131 Å². The van der Waals surface area contributed by atoms with Gasteiger partial charge in [-0.3, -0.25) is 4.79 Å². The van der Waals surface area contributed by atoms with Gasteiger partial charge in [0, 0.05) is 17.8 Å². The molecule has 1 aliphatic rings. The molecule has 0 bridgehead atoms. The van der Waals surface area contributed by atoms with E-state index in [0.29, 0.717) is 18.4 Å². The molecule has 1 atom stereocenters. The molecule has 0 saturated carbocycles. The zero-order valence-electron chi connectivity index (χ0n) is 11.9. The Balaban J connectivity index is 0.00000200. The summed E-state index contributed by atoms with van der Waals surface area (Å²) >= 11 is 1.77. The lowest BCUT2D eigenvalue weighted by atomic mass is 10.1. The Morgan fingerprint density at radius 1 is 1.35 bits per heavy atom. The molecule has 0 spiro atoms. The smallest absolute Gasteiger partial charge is 0.223 e. The number of hydrogen-bond acceptors (Lipinski definition) is 3. The van der Waals surface area contributed by atoms with Crippen LogP contribution in [0.2, 0.25) is 0 Å². The Hall–Kier alpha value is -0.580. The van der Waals surface area contributed by atoms with Crippen LogP contribution in [-0.4, -0.2) is 23.9 Å². The topological polar surface area (TPSA) is 46.3 Å². The van der Waals surface area contributed by atoms with Crippen molar-refractivity contribution < 1.29 is 4.79 Å². The second-order valence-corrected chi connectivity index (χ2v) is 6.19. The van der Waals surface area contributed by atoms with E-state index in [0.717, 1.165) is 51.6 Å². The van der Waals surface area contributed by atoms with Gasteiger partial charge in [-0.05, 0) is 43.7 Å². The number of nitrogens with two attached hydrogens (primary N) is 1. The predicted molar refractivity (Wildman–Crippen MR) is 87.4 cm³/mol. The molecule has 2 heterocycles. The molecule has 1 aromatic rings. The molecule has 0 aliphatic carbocycles.